The van der Waals surface area contributed by atoms with Crippen molar-refractivity contribution in [2.75, 3.05) is 11.9 Å². The van der Waals surface area contributed by atoms with Crippen LogP contribution in [0.1, 0.15) is 31.4 Å². The van der Waals surface area contributed by atoms with E-state index in [1.54, 1.807) is 6.07 Å². The van der Waals surface area contributed by atoms with Gasteiger partial charge in [-0.1, -0.05) is 13.3 Å². The lowest BCUT2D eigenvalue weighted by Crippen LogP contribution is -2.06. The number of nitrogens with one attached hydrogen (secondary N) is 1. The van der Waals surface area contributed by atoms with Gasteiger partial charge >= 0.3 is 0 Å². The van der Waals surface area contributed by atoms with Crippen molar-refractivity contribution in [2.24, 2.45) is 0 Å². The van der Waals surface area contributed by atoms with Crippen molar-refractivity contribution < 1.29 is 4.39 Å². The van der Waals surface area contributed by atoms with Crippen molar-refractivity contribution in [2.45, 2.75) is 26.7 Å². The third-order valence-corrected chi connectivity index (χ3v) is 3.09. The van der Waals surface area contributed by atoms with Crippen molar-refractivity contribution in [1.82, 2.24) is 9.97 Å². The molecule has 0 fully saturated rings. The van der Waals surface area contributed by atoms with Crippen molar-refractivity contribution in [3.63, 3.8) is 0 Å². The first-order valence-corrected chi connectivity index (χ1v) is 6.98. The van der Waals surface area contributed by atoms with Crippen LogP contribution in [0.3, 0.4) is 0 Å². The zero-order valence-electron chi connectivity index (χ0n) is 12.2. The minimum atomic E-state index is -0.435. The molecule has 1 N–H and O–H groups in total. The molecule has 0 spiro atoms. The highest BCUT2D eigenvalue weighted by atomic mass is 19.1. The molecule has 0 aliphatic heterocycles. The number of hydrogen-bond donors (Lipinski definition) is 1. The maximum atomic E-state index is 13.7. The van der Waals surface area contributed by atoms with E-state index in [0.717, 1.165) is 30.8 Å². The summed E-state index contributed by atoms with van der Waals surface area (Å²) in [5.74, 6) is 0.335. The van der Waals surface area contributed by atoms with Crippen molar-refractivity contribution in [3.05, 3.63) is 41.5 Å². The molecule has 0 saturated carbocycles. The number of nitrogens with zero attached hydrogens (tertiary/aromatic N) is 3. The van der Waals surface area contributed by atoms with E-state index in [4.69, 9.17) is 5.26 Å². The SMILES string of the molecule is CCCc1c(NCC)ncnc1-c1cc(F)cc(C#N)c1. The fraction of sp³-hybridized carbons (Fsp3) is 0.312. The molecule has 0 amide bonds. The number of hydrogen-bond acceptors (Lipinski definition) is 4. The third-order valence-electron chi connectivity index (χ3n) is 3.09. The number of benzene rings is 1. The second kappa shape index (κ2) is 6.80. The summed E-state index contributed by atoms with van der Waals surface area (Å²) >= 11 is 0. The summed E-state index contributed by atoms with van der Waals surface area (Å²) in [6.45, 7) is 4.81. The van der Waals surface area contributed by atoms with E-state index in [1.165, 1.54) is 18.5 Å². The fourth-order valence-corrected chi connectivity index (χ4v) is 2.26. The molecule has 1 aromatic heterocycles. The number of nitriles is 1. The van der Waals surface area contributed by atoms with Crippen molar-refractivity contribution in [1.29, 1.82) is 5.26 Å². The highest BCUT2D eigenvalue weighted by Gasteiger charge is 2.13. The Morgan fingerprint density at radius 2 is 2.05 bits per heavy atom. The average molecular weight is 284 g/mol. The maximum absolute atomic E-state index is 13.7. The summed E-state index contributed by atoms with van der Waals surface area (Å²) in [4.78, 5) is 8.56. The summed E-state index contributed by atoms with van der Waals surface area (Å²) < 4.78 is 13.7. The second-order valence-electron chi connectivity index (χ2n) is 4.67. The molecule has 108 valence electrons. The molecule has 2 rings (SSSR count). The van der Waals surface area contributed by atoms with Crippen LogP contribution in [0.25, 0.3) is 11.3 Å². The molecule has 0 bridgehead atoms. The van der Waals surface area contributed by atoms with E-state index in [1.807, 2.05) is 13.0 Å². The molecule has 5 heteroatoms. The first kappa shape index (κ1) is 14.9. The smallest absolute Gasteiger partial charge is 0.133 e. The lowest BCUT2D eigenvalue weighted by Gasteiger charge is -2.13. The molecule has 1 aromatic carbocycles. The Morgan fingerprint density at radius 3 is 2.71 bits per heavy atom. The highest BCUT2D eigenvalue weighted by Crippen LogP contribution is 2.28. The Bertz CT molecular complexity index is 676. The van der Waals surface area contributed by atoms with E-state index in [9.17, 15) is 4.39 Å². The van der Waals surface area contributed by atoms with Crippen molar-refractivity contribution >= 4 is 5.82 Å². The van der Waals surface area contributed by atoms with Gasteiger partial charge in [-0.2, -0.15) is 5.26 Å². The molecule has 0 radical (unpaired) electrons. The lowest BCUT2D eigenvalue weighted by molar-refractivity contribution is 0.627. The first-order chi connectivity index (χ1) is 10.2. The number of anilines is 1. The summed E-state index contributed by atoms with van der Waals surface area (Å²) in [6.07, 6.45) is 3.18. The highest BCUT2D eigenvalue weighted by molar-refractivity contribution is 5.69. The van der Waals surface area contributed by atoms with Gasteiger partial charge in [-0.05, 0) is 31.5 Å². The standard InChI is InChI=1S/C16H17FN4/c1-3-5-14-15(20-10-21-16(14)19-4-2)12-6-11(9-18)7-13(17)8-12/h6-8,10H,3-5H2,1-2H3,(H,19,20,21). The van der Waals surface area contributed by atoms with Gasteiger partial charge in [-0.3, -0.25) is 0 Å². The quantitative estimate of drug-likeness (QED) is 0.912. The Labute approximate surface area is 123 Å². The molecule has 0 aliphatic carbocycles. The summed E-state index contributed by atoms with van der Waals surface area (Å²) in [5.41, 5.74) is 2.53. The van der Waals surface area contributed by atoms with Gasteiger partial charge in [0.1, 0.15) is 18.0 Å². The van der Waals surface area contributed by atoms with E-state index in [-0.39, 0.29) is 5.56 Å². The van der Waals surface area contributed by atoms with Crippen LogP contribution in [-0.4, -0.2) is 16.5 Å². The molecule has 0 saturated heterocycles. The van der Waals surface area contributed by atoms with Crippen LogP contribution in [0.15, 0.2) is 24.5 Å². The van der Waals surface area contributed by atoms with E-state index in [0.29, 0.717) is 11.3 Å². The van der Waals surface area contributed by atoms with E-state index in [2.05, 4.69) is 22.2 Å². The number of rotatable bonds is 5. The average Bonchev–Trinajstić information content (AvgIpc) is 2.48. The summed E-state index contributed by atoms with van der Waals surface area (Å²) in [7, 11) is 0. The van der Waals surface area contributed by atoms with Crippen LogP contribution in [0, 0.1) is 17.1 Å². The normalized spacial score (nSPS) is 10.2. The van der Waals surface area contributed by atoms with Gasteiger partial charge in [0, 0.05) is 17.7 Å². The van der Waals surface area contributed by atoms with Crippen LogP contribution in [0.5, 0.6) is 0 Å². The predicted molar refractivity (Wildman–Crippen MR) is 80.3 cm³/mol. The predicted octanol–water partition coefficient (Wildman–Crippen LogP) is 3.54. The van der Waals surface area contributed by atoms with Crippen LogP contribution in [-0.2, 0) is 6.42 Å². The Balaban J connectivity index is 2.60. The minimum absolute atomic E-state index is 0.288. The molecule has 4 nitrogen and oxygen atoms in total. The van der Waals surface area contributed by atoms with Gasteiger partial charge in [0.2, 0.25) is 0 Å². The van der Waals surface area contributed by atoms with E-state index < -0.39 is 5.82 Å². The number of halogens is 1. The molecule has 1 heterocycles. The summed E-state index contributed by atoms with van der Waals surface area (Å²) in [5, 5.41) is 12.2. The largest absolute Gasteiger partial charge is 0.370 e. The fourth-order valence-electron chi connectivity index (χ4n) is 2.26. The lowest BCUT2D eigenvalue weighted by atomic mass is 10.0. The van der Waals surface area contributed by atoms with E-state index >= 15 is 0 Å². The first-order valence-electron chi connectivity index (χ1n) is 6.98. The van der Waals surface area contributed by atoms with Gasteiger partial charge in [-0.25, -0.2) is 14.4 Å². The molecule has 0 unspecified atom stereocenters. The molecular formula is C16H17FN4. The molecule has 0 aliphatic rings. The van der Waals surface area contributed by atoms with Crippen LogP contribution in [0.2, 0.25) is 0 Å². The van der Waals surface area contributed by atoms with Crippen LogP contribution in [0.4, 0.5) is 10.2 Å². The molecule has 2 aromatic rings. The number of aromatic nitrogens is 2. The minimum Gasteiger partial charge on any atom is -0.370 e. The van der Waals surface area contributed by atoms with Crippen LogP contribution < -0.4 is 5.32 Å². The van der Waals surface area contributed by atoms with Gasteiger partial charge in [-0.15, -0.1) is 0 Å². The Kier molecular flexibility index (Phi) is 4.83. The zero-order valence-corrected chi connectivity index (χ0v) is 12.2. The maximum Gasteiger partial charge on any atom is 0.133 e. The Morgan fingerprint density at radius 1 is 1.24 bits per heavy atom. The molecule has 0 atom stereocenters. The van der Waals surface area contributed by atoms with Crippen molar-refractivity contribution in [3.8, 4) is 17.3 Å². The second-order valence-corrected chi connectivity index (χ2v) is 4.67. The van der Waals surface area contributed by atoms with Gasteiger partial charge < -0.3 is 5.32 Å². The Hall–Kier alpha value is -2.48. The monoisotopic (exact) mass is 284 g/mol. The topological polar surface area (TPSA) is 61.6 Å². The van der Waals surface area contributed by atoms with Crippen LogP contribution >= 0.6 is 0 Å². The van der Waals surface area contributed by atoms with Gasteiger partial charge in [0.15, 0.2) is 0 Å². The van der Waals surface area contributed by atoms with Gasteiger partial charge in [0.25, 0.3) is 0 Å². The molecular weight excluding hydrogens is 267 g/mol. The van der Waals surface area contributed by atoms with Gasteiger partial charge in [0.05, 0.1) is 17.3 Å². The summed E-state index contributed by atoms with van der Waals surface area (Å²) in [6, 6.07) is 6.24. The zero-order chi connectivity index (χ0) is 15.2. The third kappa shape index (κ3) is 3.34. The molecule has 21 heavy (non-hydrogen) atoms.